The smallest absolute Gasteiger partial charge is 0.127 e. The first-order valence-corrected chi connectivity index (χ1v) is 6.90. The van der Waals surface area contributed by atoms with E-state index in [1.165, 1.54) is 0 Å². The molecule has 1 atom stereocenters. The molecular weight excluding hydrogens is 258 g/mol. The van der Waals surface area contributed by atoms with Gasteiger partial charge in [0.25, 0.3) is 0 Å². The minimum absolute atomic E-state index is 0.0838. The molecule has 1 aromatic carbocycles. The van der Waals surface area contributed by atoms with Crippen molar-refractivity contribution >= 4 is 22.6 Å². The summed E-state index contributed by atoms with van der Waals surface area (Å²) in [6.07, 6.45) is 8.56. The molecule has 0 saturated carbocycles. The van der Waals surface area contributed by atoms with Crippen molar-refractivity contribution in [1.82, 2.24) is 9.55 Å². The second-order valence-corrected chi connectivity index (χ2v) is 5.08. The molecule has 4 heteroatoms. The predicted molar refractivity (Wildman–Crippen MR) is 80.0 cm³/mol. The fourth-order valence-corrected chi connectivity index (χ4v) is 2.38. The van der Waals surface area contributed by atoms with Crippen LogP contribution in [-0.4, -0.2) is 9.55 Å². The maximum atomic E-state index is 6.23. The largest absolute Gasteiger partial charge is 0.321 e. The summed E-state index contributed by atoms with van der Waals surface area (Å²) in [7, 11) is 0. The van der Waals surface area contributed by atoms with Gasteiger partial charge in [-0.05, 0) is 24.6 Å². The van der Waals surface area contributed by atoms with Gasteiger partial charge >= 0.3 is 0 Å². The normalized spacial score (nSPS) is 12.5. The second-order valence-electron chi connectivity index (χ2n) is 4.64. The summed E-state index contributed by atoms with van der Waals surface area (Å²) in [4.78, 5) is 4.60. The summed E-state index contributed by atoms with van der Waals surface area (Å²) in [5.74, 6) is 3.51. The Kier molecular flexibility index (Phi) is 4.47. The van der Waals surface area contributed by atoms with Gasteiger partial charge in [0.1, 0.15) is 5.82 Å². The lowest BCUT2D eigenvalue weighted by molar-refractivity contribution is 0.555. The SMILES string of the molecule is C#CCn1c(C(N)CCCC)nc2cc(Cl)ccc21. The van der Waals surface area contributed by atoms with E-state index in [0.717, 1.165) is 36.1 Å². The molecule has 19 heavy (non-hydrogen) atoms. The Bertz CT molecular complexity index is 610. The lowest BCUT2D eigenvalue weighted by Gasteiger charge is -2.12. The Morgan fingerprint density at radius 1 is 1.53 bits per heavy atom. The second kappa shape index (κ2) is 6.10. The highest BCUT2D eigenvalue weighted by molar-refractivity contribution is 6.31. The van der Waals surface area contributed by atoms with E-state index in [9.17, 15) is 0 Å². The maximum Gasteiger partial charge on any atom is 0.127 e. The summed E-state index contributed by atoms with van der Waals surface area (Å²) < 4.78 is 2.01. The zero-order valence-corrected chi connectivity index (χ0v) is 11.8. The number of fused-ring (bicyclic) bond motifs is 1. The van der Waals surface area contributed by atoms with Gasteiger partial charge in [-0.3, -0.25) is 0 Å². The summed E-state index contributed by atoms with van der Waals surface area (Å²) in [5, 5.41) is 0.673. The van der Waals surface area contributed by atoms with Gasteiger partial charge in [0.05, 0.1) is 23.6 Å². The van der Waals surface area contributed by atoms with E-state index in [1.807, 2.05) is 22.8 Å². The Balaban J connectivity index is 2.46. The third-order valence-corrected chi connectivity index (χ3v) is 3.42. The molecule has 2 N–H and O–H groups in total. The van der Waals surface area contributed by atoms with E-state index >= 15 is 0 Å². The topological polar surface area (TPSA) is 43.8 Å². The summed E-state index contributed by atoms with van der Waals surface area (Å²) >= 11 is 6.00. The summed E-state index contributed by atoms with van der Waals surface area (Å²) in [6, 6.07) is 5.55. The predicted octanol–water partition coefficient (Wildman–Crippen LogP) is 3.51. The van der Waals surface area contributed by atoms with Crippen molar-refractivity contribution in [2.45, 2.75) is 38.8 Å². The van der Waals surface area contributed by atoms with Gasteiger partial charge in [-0.1, -0.05) is 37.3 Å². The highest BCUT2D eigenvalue weighted by Gasteiger charge is 2.16. The average Bonchev–Trinajstić information content (AvgIpc) is 2.74. The molecule has 2 rings (SSSR count). The number of hydrogen-bond donors (Lipinski definition) is 1. The molecule has 100 valence electrons. The molecule has 2 aromatic rings. The third kappa shape index (κ3) is 2.91. The van der Waals surface area contributed by atoms with E-state index in [2.05, 4.69) is 17.8 Å². The Labute approximate surface area is 118 Å². The molecule has 0 aliphatic heterocycles. The van der Waals surface area contributed by atoms with Gasteiger partial charge in [-0.15, -0.1) is 6.42 Å². The van der Waals surface area contributed by atoms with Crippen LogP contribution in [-0.2, 0) is 6.54 Å². The molecule has 0 spiro atoms. The quantitative estimate of drug-likeness (QED) is 0.849. The van der Waals surface area contributed by atoms with Gasteiger partial charge in [0.2, 0.25) is 0 Å². The summed E-state index contributed by atoms with van der Waals surface area (Å²) in [5.41, 5.74) is 8.07. The van der Waals surface area contributed by atoms with E-state index < -0.39 is 0 Å². The van der Waals surface area contributed by atoms with Crippen LogP contribution in [0.1, 0.15) is 38.1 Å². The van der Waals surface area contributed by atoms with Crippen molar-refractivity contribution in [2.24, 2.45) is 5.73 Å². The number of hydrogen-bond acceptors (Lipinski definition) is 2. The molecule has 0 aliphatic carbocycles. The van der Waals surface area contributed by atoms with Crippen LogP contribution in [0.25, 0.3) is 11.0 Å². The Hall–Kier alpha value is -1.50. The highest BCUT2D eigenvalue weighted by atomic mass is 35.5. The number of nitrogens with zero attached hydrogens (tertiary/aromatic N) is 2. The van der Waals surface area contributed by atoms with E-state index in [-0.39, 0.29) is 6.04 Å². The van der Waals surface area contributed by atoms with Gasteiger partial charge in [0.15, 0.2) is 0 Å². The van der Waals surface area contributed by atoms with Crippen molar-refractivity contribution < 1.29 is 0 Å². The fraction of sp³-hybridized carbons (Fsp3) is 0.400. The average molecular weight is 276 g/mol. The van der Waals surface area contributed by atoms with Crippen molar-refractivity contribution in [3.05, 3.63) is 29.0 Å². The third-order valence-electron chi connectivity index (χ3n) is 3.19. The zero-order valence-electron chi connectivity index (χ0n) is 11.1. The number of halogens is 1. The molecule has 0 bridgehead atoms. The minimum Gasteiger partial charge on any atom is -0.321 e. The number of benzene rings is 1. The van der Waals surface area contributed by atoms with Crippen molar-refractivity contribution in [3.63, 3.8) is 0 Å². The number of unbranched alkanes of at least 4 members (excludes halogenated alkanes) is 1. The van der Waals surface area contributed by atoms with Gasteiger partial charge in [-0.2, -0.15) is 0 Å². The van der Waals surface area contributed by atoms with E-state index in [1.54, 1.807) is 0 Å². The molecule has 0 fully saturated rings. The van der Waals surface area contributed by atoms with E-state index in [4.69, 9.17) is 23.8 Å². The van der Waals surface area contributed by atoms with Crippen molar-refractivity contribution in [3.8, 4) is 12.3 Å². The van der Waals surface area contributed by atoms with Gasteiger partial charge in [-0.25, -0.2) is 4.98 Å². The van der Waals surface area contributed by atoms with Crippen LogP contribution in [0.5, 0.6) is 0 Å². The number of nitrogens with two attached hydrogens (primary N) is 1. The van der Waals surface area contributed by atoms with Crippen LogP contribution >= 0.6 is 11.6 Å². The van der Waals surface area contributed by atoms with Gasteiger partial charge < -0.3 is 10.3 Å². The first-order valence-electron chi connectivity index (χ1n) is 6.52. The van der Waals surface area contributed by atoms with Crippen molar-refractivity contribution in [2.75, 3.05) is 0 Å². The molecule has 0 radical (unpaired) electrons. The number of aromatic nitrogens is 2. The maximum absolute atomic E-state index is 6.23. The Morgan fingerprint density at radius 3 is 3.00 bits per heavy atom. The molecule has 0 aliphatic rings. The van der Waals surface area contributed by atoms with Crippen LogP contribution in [0.15, 0.2) is 18.2 Å². The highest BCUT2D eigenvalue weighted by Crippen LogP contribution is 2.24. The minimum atomic E-state index is -0.0838. The van der Waals surface area contributed by atoms with Crippen LogP contribution in [0, 0.1) is 12.3 Å². The fourth-order valence-electron chi connectivity index (χ4n) is 2.22. The number of rotatable bonds is 5. The lowest BCUT2D eigenvalue weighted by atomic mass is 10.1. The first kappa shape index (κ1) is 13.9. The molecule has 1 aromatic heterocycles. The lowest BCUT2D eigenvalue weighted by Crippen LogP contribution is -2.16. The molecule has 1 heterocycles. The zero-order chi connectivity index (χ0) is 13.8. The van der Waals surface area contributed by atoms with Gasteiger partial charge in [0, 0.05) is 5.02 Å². The molecule has 0 amide bonds. The number of imidazole rings is 1. The molecule has 0 saturated heterocycles. The monoisotopic (exact) mass is 275 g/mol. The Morgan fingerprint density at radius 2 is 2.32 bits per heavy atom. The molecular formula is C15H18ClN3. The van der Waals surface area contributed by atoms with E-state index in [0.29, 0.717) is 11.6 Å². The number of terminal acetylenes is 1. The van der Waals surface area contributed by atoms with Crippen LogP contribution < -0.4 is 5.73 Å². The van der Waals surface area contributed by atoms with Crippen LogP contribution in [0.2, 0.25) is 5.02 Å². The molecule has 3 nitrogen and oxygen atoms in total. The molecule has 1 unspecified atom stereocenters. The van der Waals surface area contributed by atoms with Crippen molar-refractivity contribution in [1.29, 1.82) is 0 Å². The van der Waals surface area contributed by atoms with Crippen LogP contribution in [0.4, 0.5) is 0 Å². The summed E-state index contributed by atoms with van der Waals surface area (Å²) in [6.45, 7) is 2.63. The standard InChI is InChI=1S/C15H18ClN3/c1-3-5-6-12(17)15-18-13-10-11(16)7-8-14(13)19(15)9-4-2/h2,7-8,10,12H,3,5-6,9,17H2,1H3. The first-order chi connectivity index (χ1) is 9.17. The van der Waals surface area contributed by atoms with Crippen LogP contribution in [0.3, 0.4) is 0 Å².